The Kier molecular flexibility index (Phi) is 7.66. The van der Waals surface area contributed by atoms with E-state index >= 15 is 0 Å². The Bertz CT molecular complexity index is 395. The number of fused-ring (bicyclic) bond motifs is 1. The van der Waals surface area contributed by atoms with Gasteiger partial charge in [-0.2, -0.15) is 0 Å². The molecule has 3 atom stereocenters. The lowest BCUT2D eigenvalue weighted by Crippen LogP contribution is -2.51. The minimum Gasteiger partial charge on any atom is -0.341 e. The molecule has 1 N–H and O–H groups in total. The van der Waals surface area contributed by atoms with Crippen molar-refractivity contribution >= 4 is 30.7 Å². The maximum atomic E-state index is 12.8. The van der Waals surface area contributed by atoms with Gasteiger partial charge < -0.3 is 15.1 Å². The molecule has 4 aliphatic rings. The second-order valence-corrected chi connectivity index (χ2v) is 7.91. The van der Waals surface area contributed by atoms with Gasteiger partial charge in [0.2, 0.25) is 5.91 Å². The normalized spacial score (nSPS) is 34.3. The molecule has 6 heteroatoms. The number of rotatable bonds is 2. The molecule has 4 nitrogen and oxygen atoms in total. The molecule has 140 valence electrons. The molecule has 0 bridgehead atoms. The number of hydrogen-bond acceptors (Lipinski definition) is 3. The van der Waals surface area contributed by atoms with E-state index in [9.17, 15) is 4.79 Å². The zero-order chi connectivity index (χ0) is 14.9. The molecule has 4 fully saturated rings. The highest BCUT2D eigenvalue weighted by Gasteiger charge is 2.40. The fourth-order valence-electron chi connectivity index (χ4n) is 5.29. The average molecular weight is 378 g/mol. The molecule has 4 rings (SSSR count). The van der Waals surface area contributed by atoms with Gasteiger partial charge in [0.15, 0.2) is 0 Å². The topological polar surface area (TPSA) is 35.6 Å². The standard InChI is InChI=1S/C18H31N3O.2ClH/c22-18(17-13-14-5-1-2-6-16(14)19-17)21-11-7-15(8-12-21)20-9-3-4-10-20;;/h14-17,19H,1-13H2;2*1H. The molecule has 3 heterocycles. The highest BCUT2D eigenvalue weighted by Crippen LogP contribution is 2.34. The van der Waals surface area contributed by atoms with E-state index in [1.807, 2.05) is 0 Å². The Balaban J connectivity index is 0.00000104. The zero-order valence-electron chi connectivity index (χ0n) is 14.6. The molecule has 1 amide bonds. The van der Waals surface area contributed by atoms with Crippen LogP contribution in [0.15, 0.2) is 0 Å². The molecule has 0 aromatic carbocycles. The Hall–Kier alpha value is -0.0300. The SMILES string of the molecule is Cl.Cl.O=C(C1CC2CCCCC2N1)N1CCC(N2CCCC2)CC1. The van der Waals surface area contributed by atoms with Crippen molar-refractivity contribution < 1.29 is 4.79 Å². The number of halogens is 2. The van der Waals surface area contributed by atoms with Crippen molar-refractivity contribution in [3.05, 3.63) is 0 Å². The number of amides is 1. The largest absolute Gasteiger partial charge is 0.341 e. The predicted octanol–water partition coefficient (Wildman–Crippen LogP) is 2.84. The first-order valence-corrected chi connectivity index (χ1v) is 9.60. The van der Waals surface area contributed by atoms with Crippen molar-refractivity contribution in [1.82, 2.24) is 15.1 Å². The number of carbonyl (C=O) groups is 1. The third kappa shape index (κ3) is 4.20. The van der Waals surface area contributed by atoms with E-state index in [0.717, 1.165) is 31.5 Å². The average Bonchev–Trinajstić information content (AvgIpc) is 3.23. The predicted molar refractivity (Wildman–Crippen MR) is 102 cm³/mol. The second-order valence-electron chi connectivity index (χ2n) is 7.91. The summed E-state index contributed by atoms with van der Waals surface area (Å²) in [5.74, 6) is 1.17. The van der Waals surface area contributed by atoms with Gasteiger partial charge in [-0.15, -0.1) is 24.8 Å². The number of hydrogen-bond donors (Lipinski definition) is 1. The maximum absolute atomic E-state index is 12.8. The summed E-state index contributed by atoms with van der Waals surface area (Å²) in [6, 6.07) is 1.49. The molecule has 3 aliphatic heterocycles. The third-order valence-corrected chi connectivity index (χ3v) is 6.59. The summed E-state index contributed by atoms with van der Waals surface area (Å²) < 4.78 is 0. The van der Waals surface area contributed by atoms with Gasteiger partial charge in [-0.1, -0.05) is 12.8 Å². The molecule has 0 spiro atoms. The summed E-state index contributed by atoms with van der Waals surface area (Å²) in [5.41, 5.74) is 0. The van der Waals surface area contributed by atoms with E-state index < -0.39 is 0 Å². The Morgan fingerprint density at radius 2 is 1.50 bits per heavy atom. The number of nitrogens with one attached hydrogen (secondary N) is 1. The molecule has 3 unspecified atom stereocenters. The van der Waals surface area contributed by atoms with Gasteiger partial charge in [-0.25, -0.2) is 0 Å². The van der Waals surface area contributed by atoms with Gasteiger partial charge >= 0.3 is 0 Å². The zero-order valence-corrected chi connectivity index (χ0v) is 16.3. The molecule has 0 radical (unpaired) electrons. The highest BCUT2D eigenvalue weighted by atomic mass is 35.5. The molecule has 1 aliphatic carbocycles. The van der Waals surface area contributed by atoms with Gasteiger partial charge in [0.05, 0.1) is 6.04 Å². The summed E-state index contributed by atoms with van der Waals surface area (Å²) in [6.07, 6.45) is 11.5. The first-order chi connectivity index (χ1) is 10.8. The van der Waals surface area contributed by atoms with Crippen molar-refractivity contribution in [2.45, 2.75) is 75.9 Å². The summed E-state index contributed by atoms with van der Waals surface area (Å²) >= 11 is 0. The Labute approximate surface area is 158 Å². The van der Waals surface area contributed by atoms with Gasteiger partial charge in [0.1, 0.15) is 0 Å². The first-order valence-electron chi connectivity index (χ1n) is 9.60. The van der Waals surface area contributed by atoms with Crippen LogP contribution in [0.5, 0.6) is 0 Å². The van der Waals surface area contributed by atoms with E-state index in [2.05, 4.69) is 15.1 Å². The molecular weight excluding hydrogens is 345 g/mol. The molecule has 24 heavy (non-hydrogen) atoms. The summed E-state index contributed by atoms with van der Waals surface area (Å²) in [7, 11) is 0. The summed E-state index contributed by atoms with van der Waals surface area (Å²) in [6.45, 7) is 4.53. The minimum absolute atomic E-state index is 0. The van der Waals surface area contributed by atoms with Crippen molar-refractivity contribution in [3.63, 3.8) is 0 Å². The van der Waals surface area contributed by atoms with Crippen LogP contribution in [-0.4, -0.2) is 60.0 Å². The maximum Gasteiger partial charge on any atom is 0.239 e. The van der Waals surface area contributed by atoms with Crippen LogP contribution in [0.1, 0.15) is 57.8 Å². The molecule has 0 aromatic rings. The second kappa shape index (κ2) is 9.07. The van der Waals surface area contributed by atoms with Crippen molar-refractivity contribution in [1.29, 1.82) is 0 Å². The van der Waals surface area contributed by atoms with Crippen LogP contribution in [0.3, 0.4) is 0 Å². The minimum atomic E-state index is 0. The fraction of sp³-hybridized carbons (Fsp3) is 0.944. The van der Waals surface area contributed by atoms with E-state index in [1.54, 1.807) is 0 Å². The smallest absolute Gasteiger partial charge is 0.239 e. The number of likely N-dealkylation sites (tertiary alicyclic amines) is 2. The van der Waals surface area contributed by atoms with Crippen molar-refractivity contribution in [2.24, 2.45) is 5.92 Å². The number of nitrogens with zero attached hydrogens (tertiary/aromatic N) is 2. The molecule has 1 saturated carbocycles. The number of carbonyl (C=O) groups excluding carboxylic acids is 1. The van der Waals surface area contributed by atoms with E-state index in [4.69, 9.17) is 0 Å². The number of piperidine rings is 1. The van der Waals surface area contributed by atoms with Crippen molar-refractivity contribution in [3.8, 4) is 0 Å². The van der Waals surface area contributed by atoms with E-state index in [0.29, 0.717) is 11.9 Å². The van der Waals surface area contributed by atoms with Crippen LogP contribution < -0.4 is 5.32 Å². The lowest BCUT2D eigenvalue weighted by molar-refractivity contribution is -0.134. The highest BCUT2D eigenvalue weighted by molar-refractivity contribution is 5.85. The summed E-state index contributed by atoms with van der Waals surface area (Å²) in [5, 5.41) is 3.65. The lowest BCUT2D eigenvalue weighted by atomic mass is 9.85. The third-order valence-electron chi connectivity index (χ3n) is 6.59. The van der Waals surface area contributed by atoms with Crippen LogP contribution in [0.4, 0.5) is 0 Å². The van der Waals surface area contributed by atoms with E-state index in [1.165, 1.54) is 64.5 Å². The fourth-order valence-corrected chi connectivity index (χ4v) is 5.29. The van der Waals surface area contributed by atoms with Gasteiger partial charge in [0.25, 0.3) is 0 Å². The monoisotopic (exact) mass is 377 g/mol. The molecular formula is C18H33Cl2N3O. The van der Waals surface area contributed by atoms with Crippen LogP contribution >= 0.6 is 24.8 Å². The van der Waals surface area contributed by atoms with E-state index in [-0.39, 0.29) is 30.9 Å². The quantitative estimate of drug-likeness (QED) is 0.803. The summed E-state index contributed by atoms with van der Waals surface area (Å²) in [4.78, 5) is 17.6. The first kappa shape index (κ1) is 20.3. The van der Waals surface area contributed by atoms with Gasteiger partial charge in [0, 0.05) is 25.2 Å². The van der Waals surface area contributed by atoms with Crippen LogP contribution in [0.2, 0.25) is 0 Å². The van der Waals surface area contributed by atoms with Crippen molar-refractivity contribution in [2.75, 3.05) is 26.2 Å². The lowest BCUT2D eigenvalue weighted by Gasteiger charge is -2.37. The Morgan fingerprint density at radius 1 is 0.833 bits per heavy atom. The molecule has 0 aromatic heterocycles. The van der Waals surface area contributed by atoms with Gasteiger partial charge in [-0.3, -0.25) is 4.79 Å². The van der Waals surface area contributed by atoms with Crippen LogP contribution in [0, 0.1) is 5.92 Å². The van der Waals surface area contributed by atoms with Crippen LogP contribution in [-0.2, 0) is 4.79 Å². The van der Waals surface area contributed by atoms with Gasteiger partial charge in [-0.05, 0) is 64.0 Å². The molecule has 3 saturated heterocycles. The Morgan fingerprint density at radius 3 is 2.17 bits per heavy atom. The van der Waals surface area contributed by atoms with Crippen LogP contribution in [0.25, 0.3) is 0 Å².